The fourth-order valence-electron chi connectivity index (χ4n) is 5.97. The molecule has 0 aliphatic carbocycles. The topological polar surface area (TPSA) is 102 Å². The third-order valence-corrected chi connectivity index (χ3v) is 8.56. The van der Waals surface area contributed by atoms with Gasteiger partial charge in [-0.25, -0.2) is 9.31 Å². The number of carbonyl (C=O) groups is 2. The van der Waals surface area contributed by atoms with E-state index in [0.717, 1.165) is 33.8 Å². The van der Waals surface area contributed by atoms with Crippen molar-refractivity contribution in [2.24, 2.45) is 5.92 Å². The number of hydrogen-bond acceptors (Lipinski definition) is 8. The monoisotopic (exact) mass is 626 g/mol. The van der Waals surface area contributed by atoms with Crippen molar-refractivity contribution in [1.29, 1.82) is 0 Å². The van der Waals surface area contributed by atoms with Crippen LogP contribution in [0.3, 0.4) is 0 Å². The number of methoxy groups -OCH3 is 1. The van der Waals surface area contributed by atoms with Crippen LogP contribution in [0.2, 0.25) is 0 Å². The van der Waals surface area contributed by atoms with Gasteiger partial charge in [-0.3, -0.25) is 9.78 Å². The Kier molecular flexibility index (Phi) is 8.75. The van der Waals surface area contributed by atoms with Gasteiger partial charge in [-0.05, 0) is 69.7 Å². The van der Waals surface area contributed by atoms with Crippen molar-refractivity contribution in [3.05, 3.63) is 72.7 Å². The Hall–Kier alpha value is -4.80. The number of carbonyl (C=O) groups excluding carboxylic acids is 2. The lowest BCUT2D eigenvalue weighted by Crippen LogP contribution is -2.50. The van der Waals surface area contributed by atoms with Gasteiger partial charge in [-0.1, -0.05) is 12.1 Å². The first-order valence-electron chi connectivity index (χ1n) is 15.8. The van der Waals surface area contributed by atoms with E-state index in [2.05, 4.69) is 16.1 Å². The van der Waals surface area contributed by atoms with Gasteiger partial charge in [-0.2, -0.15) is 5.10 Å². The summed E-state index contributed by atoms with van der Waals surface area (Å²) in [5, 5.41) is 4.47. The molecule has 2 fully saturated rings. The van der Waals surface area contributed by atoms with Gasteiger partial charge >= 0.3 is 6.09 Å². The van der Waals surface area contributed by atoms with E-state index in [9.17, 15) is 9.59 Å². The Bertz CT molecular complexity index is 1670. The molecular formula is C35H42N6O5. The van der Waals surface area contributed by atoms with Crippen molar-refractivity contribution in [2.45, 2.75) is 52.4 Å². The maximum absolute atomic E-state index is 12.9. The molecule has 0 spiro atoms. The number of piperazine rings is 1. The van der Waals surface area contributed by atoms with Crippen LogP contribution in [0.5, 0.6) is 11.5 Å². The number of likely N-dealkylation sites (tertiary alicyclic amines) is 1. The second kappa shape index (κ2) is 12.9. The van der Waals surface area contributed by atoms with Gasteiger partial charge in [0.15, 0.2) is 0 Å². The van der Waals surface area contributed by atoms with Crippen molar-refractivity contribution in [3.8, 4) is 22.8 Å². The highest BCUT2D eigenvalue weighted by Gasteiger charge is 2.34. The number of pyridine rings is 2. The summed E-state index contributed by atoms with van der Waals surface area (Å²) in [5.74, 6) is 1.69. The highest BCUT2D eigenvalue weighted by molar-refractivity contribution is 5.79. The lowest BCUT2D eigenvalue weighted by molar-refractivity contribution is -0.128. The zero-order chi connectivity index (χ0) is 32.4. The number of rotatable bonds is 8. The molecule has 2 saturated heterocycles. The first kappa shape index (κ1) is 31.2. The predicted molar refractivity (Wildman–Crippen MR) is 175 cm³/mol. The first-order chi connectivity index (χ1) is 22.1. The summed E-state index contributed by atoms with van der Waals surface area (Å²) in [7, 11) is 1.64. The molecule has 4 aromatic rings. The molecule has 5 heterocycles. The fourth-order valence-corrected chi connectivity index (χ4v) is 5.97. The average molecular weight is 627 g/mol. The van der Waals surface area contributed by atoms with E-state index in [1.165, 1.54) is 0 Å². The standard InChI is InChI=1S/C35H42N6O5/c1-24(26-19-33(42)40(22-26)21-25-6-9-29(44-5)10-7-25)45-32-18-27(23-41-31(32)12-13-37-41)30-11-8-28(20-36-30)38-14-16-39(17-15-38)34(43)46-35(2,3)4/h6-13,18,20,23-24,26H,14-17,19,21-22H2,1-5H3. The maximum Gasteiger partial charge on any atom is 0.410 e. The molecule has 11 nitrogen and oxygen atoms in total. The minimum atomic E-state index is -0.509. The van der Waals surface area contributed by atoms with Crippen molar-refractivity contribution < 1.29 is 23.8 Å². The smallest absolute Gasteiger partial charge is 0.410 e. The van der Waals surface area contributed by atoms with Gasteiger partial charge in [-0.15, -0.1) is 0 Å². The third-order valence-electron chi connectivity index (χ3n) is 8.56. The zero-order valence-electron chi connectivity index (χ0n) is 27.2. The molecule has 2 atom stereocenters. The first-order valence-corrected chi connectivity index (χ1v) is 15.8. The molecule has 1 aromatic carbocycles. The zero-order valence-corrected chi connectivity index (χ0v) is 27.2. The second-order valence-corrected chi connectivity index (χ2v) is 13.0. The highest BCUT2D eigenvalue weighted by atomic mass is 16.6. The summed E-state index contributed by atoms with van der Waals surface area (Å²) in [4.78, 5) is 36.0. The van der Waals surface area contributed by atoms with E-state index in [0.29, 0.717) is 51.4 Å². The lowest BCUT2D eigenvalue weighted by atomic mass is 10.0. The van der Waals surface area contributed by atoms with E-state index >= 15 is 0 Å². The Labute approximate surface area is 269 Å². The molecule has 2 unspecified atom stereocenters. The van der Waals surface area contributed by atoms with Gasteiger partial charge in [0.25, 0.3) is 0 Å². The SMILES string of the molecule is COc1ccc(CN2CC(C(C)Oc3cc(-c4ccc(N5CCN(C(=O)OC(C)(C)C)CC5)cn4)cn4nccc34)CC2=O)cc1. The number of fused-ring (bicyclic) bond motifs is 1. The summed E-state index contributed by atoms with van der Waals surface area (Å²) in [6.45, 7) is 11.5. The van der Waals surface area contributed by atoms with Gasteiger partial charge in [0.05, 0.1) is 30.9 Å². The van der Waals surface area contributed by atoms with Crippen LogP contribution in [-0.4, -0.2) is 87.9 Å². The predicted octanol–water partition coefficient (Wildman–Crippen LogP) is 5.28. The molecule has 46 heavy (non-hydrogen) atoms. The fraction of sp³-hybridized carbons (Fsp3) is 0.429. The van der Waals surface area contributed by atoms with Crippen molar-refractivity contribution >= 4 is 23.2 Å². The minimum Gasteiger partial charge on any atom is -0.497 e. The van der Waals surface area contributed by atoms with E-state index in [-0.39, 0.29) is 24.0 Å². The molecule has 0 saturated carbocycles. The van der Waals surface area contributed by atoms with Crippen LogP contribution < -0.4 is 14.4 Å². The molecular weight excluding hydrogens is 584 g/mol. The lowest BCUT2D eigenvalue weighted by Gasteiger charge is -2.36. The van der Waals surface area contributed by atoms with E-state index in [1.807, 2.05) is 87.5 Å². The summed E-state index contributed by atoms with van der Waals surface area (Å²) in [5.41, 5.74) is 4.10. The van der Waals surface area contributed by atoms with E-state index in [4.69, 9.17) is 19.2 Å². The van der Waals surface area contributed by atoms with E-state index < -0.39 is 5.60 Å². The summed E-state index contributed by atoms with van der Waals surface area (Å²) in [6.07, 6.45) is 5.56. The van der Waals surface area contributed by atoms with Gasteiger partial charge in [0.1, 0.15) is 28.7 Å². The summed E-state index contributed by atoms with van der Waals surface area (Å²) in [6, 6.07) is 15.8. The number of anilines is 1. The van der Waals surface area contributed by atoms with Crippen molar-refractivity contribution in [1.82, 2.24) is 24.4 Å². The van der Waals surface area contributed by atoms with Crippen LogP contribution in [0.1, 0.15) is 39.7 Å². The van der Waals surface area contributed by atoms with E-state index in [1.54, 1.807) is 22.7 Å². The minimum absolute atomic E-state index is 0.0607. The van der Waals surface area contributed by atoms with Gasteiger partial charge < -0.3 is 28.9 Å². The van der Waals surface area contributed by atoms with Gasteiger partial charge in [0, 0.05) is 63.4 Å². The van der Waals surface area contributed by atoms with Crippen LogP contribution in [-0.2, 0) is 16.1 Å². The van der Waals surface area contributed by atoms with Crippen molar-refractivity contribution in [3.63, 3.8) is 0 Å². The molecule has 0 bridgehead atoms. The summed E-state index contributed by atoms with van der Waals surface area (Å²) >= 11 is 0. The molecule has 2 aliphatic heterocycles. The van der Waals surface area contributed by atoms with Crippen LogP contribution in [0, 0.1) is 5.92 Å². The Morgan fingerprint density at radius 2 is 1.80 bits per heavy atom. The molecule has 2 amide bonds. The molecule has 0 radical (unpaired) electrons. The Balaban J connectivity index is 1.11. The number of ether oxygens (including phenoxy) is 3. The molecule has 6 rings (SSSR count). The van der Waals surface area contributed by atoms with Crippen LogP contribution in [0.15, 0.2) is 67.1 Å². The summed E-state index contributed by atoms with van der Waals surface area (Å²) < 4.78 is 19.1. The Morgan fingerprint density at radius 1 is 1.04 bits per heavy atom. The average Bonchev–Trinajstić information content (AvgIpc) is 3.67. The quantitative estimate of drug-likeness (QED) is 0.261. The number of benzene rings is 1. The molecule has 0 N–H and O–H groups in total. The van der Waals surface area contributed by atoms with Gasteiger partial charge in [0.2, 0.25) is 5.91 Å². The maximum atomic E-state index is 12.9. The molecule has 11 heteroatoms. The van der Waals surface area contributed by atoms with Crippen LogP contribution in [0.25, 0.3) is 16.8 Å². The van der Waals surface area contributed by atoms with Crippen LogP contribution in [0.4, 0.5) is 10.5 Å². The Morgan fingerprint density at radius 3 is 2.48 bits per heavy atom. The normalized spacial score (nSPS) is 17.8. The number of amides is 2. The largest absolute Gasteiger partial charge is 0.497 e. The van der Waals surface area contributed by atoms with Crippen LogP contribution >= 0.6 is 0 Å². The number of hydrogen-bond donors (Lipinski definition) is 0. The van der Waals surface area contributed by atoms with Crippen molar-refractivity contribution in [2.75, 3.05) is 44.7 Å². The second-order valence-electron chi connectivity index (χ2n) is 13.0. The molecule has 2 aliphatic rings. The number of nitrogens with zero attached hydrogens (tertiary/aromatic N) is 6. The number of aromatic nitrogens is 3. The third kappa shape index (κ3) is 7.03. The molecule has 242 valence electrons. The molecule has 3 aromatic heterocycles. The highest BCUT2D eigenvalue weighted by Crippen LogP contribution is 2.32.